The molecule has 1 aromatic rings. The van der Waals surface area contributed by atoms with Gasteiger partial charge in [-0.05, 0) is 54.5 Å². The molecule has 1 aromatic heterocycles. The first-order chi connectivity index (χ1) is 11.8. The minimum Gasteiger partial charge on any atom is -0.343 e. The van der Waals surface area contributed by atoms with Crippen molar-refractivity contribution in [3.63, 3.8) is 0 Å². The molecule has 3 heterocycles. The number of likely N-dealkylation sites (tertiary alicyclic amines) is 2. The molecular weight excluding hydrogens is 322 g/mol. The second-order valence-corrected chi connectivity index (χ2v) is 7.47. The fourth-order valence-corrected chi connectivity index (χ4v) is 4.37. The predicted octanol–water partition coefficient (Wildman–Crippen LogP) is 3.39. The molecule has 3 amide bonds. The first-order valence-electron chi connectivity index (χ1n) is 9.10. The van der Waals surface area contributed by atoms with Crippen molar-refractivity contribution in [1.29, 1.82) is 0 Å². The monoisotopic (exact) mass is 349 g/mol. The molecule has 0 bridgehead atoms. The Bertz CT molecular complexity index is 546. The molecule has 0 aromatic carbocycles. The van der Waals surface area contributed by atoms with Crippen LogP contribution >= 0.6 is 11.3 Å². The van der Waals surface area contributed by atoms with Gasteiger partial charge in [-0.15, -0.1) is 0 Å². The molecular formula is C18H27N3O2S. The molecule has 2 fully saturated rings. The molecule has 2 saturated heterocycles. The zero-order chi connectivity index (χ0) is 16.8. The normalized spacial score (nSPS) is 21.8. The minimum absolute atomic E-state index is 0.0332. The van der Waals surface area contributed by atoms with Crippen LogP contribution in [0.5, 0.6) is 0 Å². The summed E-state index contributed by atoms with van der Waals surface area (Å²) in [6, 6.07) is 2.38. The minimum atomic E-state index is 0.0332. The Morgan fingerprint density at radius 2 is 2.17 bits per heavy atom. The van der Waals surface area contributed by atoms with Crippen LogP contribution in [0.15, 0.2) is 16.8 Å². The molecule has 0 aliphatic carbocycles. The van der Waals surface area contributed by atoms with Gasteiger partial charge in [0.25, 0.3) is 0 Å². The third-order valence-corrected chi connectivity index (χ3v) is 5.70. The van der Waals surface area contributed by atoms with Crippen molar-refractivity contribution in [2.24, 2.45) is 0 Å². The van der Waals surface area contributed by atoms with Crippen LogP contribution in [0.1, 0.15) is 56.6 Å². The standard InChI is InChI=1S/C18H27N3O2S/c22-17-7-2-1-3-10-20(17)11-5-9-19-18(23)21-12-4-6-16(21)15-8-13-24-14-15/h8,13-14,16H,1-7,9-12H2,(H,19,23)/t16-/m1/s1. The van der Waals surface area contributed by atoms with Gasteiger partial charge in [0.2, 0.25) is 5.91 Å². The van der Waals surface area contributed by atoms with Crippen molar-refractivity contribution in [3.05, 3.63) is 22.4 Å². The number of hydrogen-bond acceptors (Lipinski definition) is 3. The maximum Gasteiger partial charge on any atom is 0.317 e. The quantitative estimate of drug-likeness (QED) is 0.829. The van der Waals surface area contributed by atoms with Gasteiger partial charge in [-0.3, -0.25) is 4.79 Å². The molecule has 0 radical (unpaired) electrons. The Kier molecular flexibility index (Phi) is 6.12. The van der Waals surface area contributed by atoms with Crippen LogP contribution in [0.3, 0.4) is 0 Å². The Balaban J connectivity index is 1.41. The van der Waals surface area contributed by atoms with Crippen molar-refractivity contribution in [2.45, 2.75) is 51.0 Å². The van der Waals surface area contributed by atoms with Gasteiger partial charge >= 0.3 is 6.03 Å². The lowest BCUT2D eigenvalue weighted by Gasteiger charge is -2.25. The van der Waals surface area contributed by atoms with Crippen LogP contribution < -0.4 is 5.32 Å². The summed E-state index contributed by atoms with van der Waals surface area (Å²) in [4.78, 5) is 28.3. The molecule has 0 spiro atoms. The number of nitrogens with zero attached hydrogens (tertiary/aromatic N) is 2. The highest BCUT2D eigenvalue weighted by Crippen LogP contribution is 2.32. The number of rotatable bonds is 5. The molecule has 0 saturated carbocycles. The highest BCUT2D eigenvalue weighted by Gasteiger charge is 2.29. The van der Waals surface area contributed by atoms with Gasteiger partial charge in [-0.2, -0.15) is 11.3 Å². The van der Waals surface area contributed by atoms with E-state index in [1.807, 2.05) is 9.80 Å². The lowest BCUT2D eigenvalue weighted by molar-refractivity contribution is -0.130. The van der Waals surface area contributed by atoms with Gasteiger partial charge in [0, 0.05) is 32.6 Å². The van der Waals surface area contributed by atoms with E-state index >= 15 is 0 Å². The fraction of sp³-hybridized carbons (Fsp3) is 0.667. The summed E-state index contributed by atoms with van der Waals surface area (Å²) >= 11 is 1.68. The third kappa shape index (κ3) is 4.29. The highest BCUT2D eigenvalue weighted by atomic mass is 32.1. The van der Waals surface area contributed by atoms with Crippen molar-refractivity contribution in [3.8, 4) is 0 Å². The largest absolute Gasteiger partial charge is 0.343 e. The maximum absolute atomic E-state index is 12.5. The van der Waals surface area contributed by atoms with E-state index in [9.17, 15) is 9.59 Å². The first-order valence-corrected chi connectivity index (χ1v) is 10.0. The zero-order valence-corrected chi connectivity index (χ0v) is 15.0. The summed E-state index contributed by atoms with van der Waals surface area (Å²) in [5, 5.41) is 7.25. The van der Waals surface area contributed by atoms with Crippen molar-refractivity contribution in [1.82, 2.24) is 15.1 Å². The SMILES string of the molecule is O=C1CCCCCN1CCCNC(=O)N1CCC[C@@H]1c1ccsc1. The molecule has 2 aliphatic rings. The van der Waals surface area contributed by atoms with Crippen LogP contribution in [0.25, 0.3) is 0 Å². The van der Waals surface area contributed by atoms with Crippen LogP contribution in [-0.2, 0) is 4.79 Å². The summed E-state index contributed by atoms with van der Waals surface area (Å²) in [5.41, 5.74) is 1.25. The molecule has 5 nitrogen and oxygen atoms in total. The van der Waals surface area contributed by atoms with Gasteiger partial charge in [-0.25, -0.2) is 4.79 Å². The summed E-state index contributed by atoms with van der Waals surface area (Å²) in [7, 11) is 0. The number of nitrogens with one attached hydrogen (secondary N) is 1. The molecule has 2 aliphatic heterocycles. The Hall–Kier alpha value is -1.56. The van der Waals surface area contributed by atoms with Gasteiger partial charge in [0.15, 0.2) is 0 Å². The number of thiophene rings is 1. The predicted molar refractivity (Wildman–Crippen MR) is 96.1 cm³/mol. The second-order valence-electron chi connectivity index (χ2n) is 6.69. The Labute approximate surface area is 148 Å². The van der Waals surface area contributed by atoms with Gasteiger partial charge < -0.3 is 15.1 Å². The third-order valence-electron chi connectivity index (χ3n) is 4.99. The highest BCUT2D eigenvalue weighted by molar-refractivity contribution is 7.07. The number of urea groups is 1. The van der Waals surface area contributed by atoms with E-state index in [0.717, 1.165) is 58.2 Å². The number of amides is 3. The number of hydrogen-bond donors (Lipinski definition) is 1. The van der Waals surface area contributed by atoms with Crippen LogP contribution in [-0.4, -0.2) is 47.9 Å². The lowest BCUT2D eigenvalue weighted by atomic mass is 10.1. The molecule has 3 rings (SSSR count). The van der Waals surface area contributed by atoms with Crippen molar-refractivity contribution in [2.75, 3.05) is 26.2 Å². The van der Waals surface area contributed by atoms with Gasteiger partial charge in [0.1, 0.15) is 0 Å². The zero-order valence-electron chi connectivity index (χ0n) is 14.2. The van der Waals surface area contributed by atoms with Crippen molar-refractivity contribution < 1.29 is 9.59 Å². The van der Waals surface area contributed by atoms with E-state index in [1.165, 1.54) is 5.56 Å². The smallest absolute Gasteiger partial charge is 0.317 e. The van der Waals surface area contributed by atoms with E-state index < -0.39 is 0 Å². The van der Waals surface area contributed by atoms with Crippen LogP contribution in [0, 0.1) is 0 Å². The van der Waals surface area contributed by atoms with E-state index in [2.05, 4.69) is 22.1 Å². The van der Waals surface area contributed by atoms with Crippen molar-refractivity contribution >= 4 is 23.3 Å². The maximum atomic E-state index is 12.5. The fourth-order valence-electron chi connectivity index (χ4n) is 3.66. The molecule has 132 valence electrons. The second kappa shape index (κ2) is 8.51. The Morgan fingerprint density at radius 3 is 3.00 bits per heavy atom. The molecule has 1 N–H and O–H groups in total. The van der Waals surface area contributed by atoms with Crippen LogP contribution in [0.4, 0.5) is 4.79 Å². The summed E-state index contributed by atoms with van der Waals surface area (Å²) < 4.78 is 0. The topological polar surface area (TPSA) is 52.7 Å². The summed E-state index contributed by atoms with van der Waals surface area (Å²) in [5.74, 6) is 0.274. The van der Waals surface area contributed by atoms with E-state index in [0.29, 0.717) is 13.0 Å². The molecule has 24 heavy (non-hydrogen) atoms. The number of carbonyl (C=O) groups excluding carboxylic acids is 2. The summed E-state index contributed by atoms with van der Waals surface area (Å²) in [6.45, 7) is 3.10. The molecule has 1 atom stereocenters. The molecule has 0 unspecified atom stereocenters. The van der Waals surface area contributed by atoms with E-state index in [1.54, 1.807) is 11.3 Å². The van der Waals surface area contributed by atoms with E-state index in [-0.39, 0.29) is 18.0 Å². The van der Waals surface area contributed by atoms with Gasteiger partial charge in [-0.1, -0.05) is 6.42 Å². The average Bonchev–Trinajstić information content (AvgIpc) is 3.22. The first kappa shape index (κ1) is 17.3. The molecule has 6 heteroatoms. The average molecular weight is 350 g/mol. The van der Waals surface area contributed by atoms with Gasteiger partial charge in [0.05, 0.1) is 6.04 Å². The number of carbonyl (C=O) groups is 2. The van der Waals surface area contributed by atoms with Crippen LogP contribution in [0.2, 0.25) is 0 Å². The summed E-state index contributed by atoms with van der Waals surface area (Å²) in [6.07, 6.45) is 6.90. The Morgan fingerprint density at radius 1 is 1.25 bits per heavy atom. The lowest BCUT2D eigenvalue weighted by Crippen LogP contribution is -2.41. The van der Waals surface area contributed by atoms with E-state index in [4.69, 9.17) is 0 Å².